The highest BCUT2D eigenvalue weighted by Crippen LogP contribution is 2.25. The molecule has 2 N–H and O–H groups in total. The van der Waals surface area contributed by atoms with Gasteiger partial charge in [0, 0.05) is 29.7 Å². The zero-order chi connectivity index (χ0) is 16.6. The third-order valence-corrected chi connectivity index (χ3v) is 4.90. The number of aromatic amines is 1. The van der Waals surface area contributed by atoms with Gasteiger partial charge in [0.2, 0.25) is 5.91 Å². The van der Waals surface area contributed by atoms with Gasteiger partial charge >= 0.3 is 5.97 Å². The summed E-state index contributed by atoms with van der Waals surface area (Å²) in [5.41, 5.74) is 3.18. The summed E-state index contributed by atoms with van der Waals surface area (Å²) >= 11 is 0. The van der Waals surface area contributed by atoms with Crippen molar-refractivity contribution in [1.29, 1.82) is 0 Å². The van der Waals surface area contributed by atoms with Gasteiger partial charge in [0.15, 0.2) is 0 Å². The standard InChI is InChI=1S/C18H22N2O3/c1-11-4-3-5-15-14(9-19-17(11)15)8-16(21)20-10-13(18(22)23)7-6-12(20)2/h3-5,9,12-13,19H,6-8,10H2,1-2H3,(H,22,23). The second kappa shape index (κ2) is 6.07. The number of amides is 1. The van der Waals surface area contributed by atoms with Crippen molar-refractivity contribution in [1.82, 2.24) is 9.88 Å². The Labute approximate surface area is 135 Å². The van der Waals surface area contributed by atoms with E-state index in [4.69, 9.17) is 0 Å². The number of hydrogen-bond donors (Lipinski definition) is 2. The Morgan fingerprint density at radius 2 is 2.13 bits per heavy atom. The number of hydrogen-bond acceptors (Lipinski definition) is 2. The summed E-state index contributed by atoms with van der Waals surface area (Å²) < 4.78 is 0. The number of nitrogens with one attached hydrogen (secondary N) is 1. The predicted octanol–water partition coefficient (Wildman–Crippen LogP) is 2.73. The van der Waals surface area contributed by atoms with Crippen LogP contribution in [0.15, 0.2) is 24.4 Å². The Morgan fingerprint density at radius 1 is 1.35 bits per heavy atom. The molecule has 1 aromatic heterocycles. The molecule has 5 heteroatoms. The van der Waals surface area contributed by atoms with Gasteiger partial charge in [0.25, 0.3) is 0 Å². The highest BCUT2D eigenvalue weighted by atomic mass is 16.4. The molecule has 23 heavy (non-hydrogen) atoms. The van der Waals surface area contributed by atoms with E-state index in [1.807, 2.05) is 38.2 Å². The molecule has 122 valence electrons. The molecule has 2 atom stereocenters. The number of carbonyl (C=O) groups excluding carboxylic acids is 1. The Kier molecular flexibility index (Phi) is 4.11. The smallest absolute Gasteiger partial charge is 0.308 e. The second-order valence-electron chi connectivity index (χ2n) is 6.50. The van der Waals surface area contributed by atoms with Crippen LogP contribution in [-0.2, 0) is 16.0 Å². The van der Waals surface area contributed by atoms with Crippen LogP contribution >= 0.6 is 0 Å². The molecule has 1 saturated heterocycles. The Balaban J connectivity index is 1.80. The van der Waals surface area contributed by atoms with Crippen molar-refractivity contribution in [2.24, 2.45) is 5.92 Å². The van der Waals surface area contributed by atoms with Gasteiger partial charge in [-0.2, -0.15) is 0 Å². The van der Waals surface area contributed by atoms with Crippen LogP contribution in [0.3, 0.4) is 0 Å². The number of fused-ring (bicyclic) bond motifs is 1. The molecule has 1 aliphatic rings. The van der Waals surface area contributed by atoms with Crippen molar-refractivity contribution >= 4 is 22.8 Å². The average molecular weight is 314 g/mol. The zero-order valence-corrected chi connectivity index (χ0v) is 13.5. The number of aryl methyl sites for hydroxylation is 1. The monoisotopic (exact) mass is 314 g/mol. The van der Waals surface area contributed by atoms with Crippen LogP contribution in [0, 0.1) is 12.8 Å². The first-order valence-corrected chi connectivity index (χ1v) is 8.05. The van der Waals surface area contributed by atoms with Crippen molar-refractivity contribution in [3.8, 4) is 0 Å². The van der Waals surface area contributed by atoms with E-state index in [-0.39, 0.29) is 11.9 Å². The first kappa shape index (κ1) is 15.6. The van der Waals surface area contributed by atoms with E-state index >= 15 is 0 Å². The number of carboxylic acids is 1. The topological polar surface area (TPSA) is 73.4 Å². The summed E-state index contributed by atoms with van der Waals surface area (Å²) in [7, 11) is 0. The molecular weight excluding hydrogens is 292 g/mol. The Morgan fingerprint density at radius 3 is 2.87 bits per heavy atom. The number of aromatic nitrogens is 1. The lowest BCUT2D eigenvalue weighted by Gasteiger charge is -2.36. The number of aliphatic carboxylic acids is 1. The van der Waals surface area contributed by atoms with E-state index in [9.17, 15) is 14.7 Å². The number of H-pyrrole nitrogens is 1. The van der Waals surface area contributed by atoms with Crippen LogP contribution in [-0.4, -0.2) is 39.5 Å². The minimum absolute atomic E-state index is 0.00542. The predicted molar refractivity (Wildman–Crippen MR) is 88.3 cm³/mol. The fourth-order valence-electron chi connectivity index (χ4n) is 3.43. The van der Waals surface area contributed by atoms with Crippen molar-refractivity contribution in [2.75, 3.05) is 6.54 Å². The minimum Gasteiger partial charge on any atom is -0.481 e. The average Bonchev–Trinajstić information content (AvgIpc) is 2.92. The van der Waals surface area contributed by atoms with Gasteiger partial charge in [-0.3, -0.25) is 9.59 Å². The van der Waals surface area contributed by atoms with Crippen LogP contribution in [0.1, 0.15) is 30.9 Å². The number of likely N-dealkylation sites (tertiary alicyclic amines) is 1. The molecule has 0 radical (unpaired) electrons. The lowest BCUT2D eigenvalue weighted by Crippen LogP contribution is -2.47. The SMILES string of the molecule is Cc1cccc2c(CC(=O)N3CC(C(=O)O)CCC3C)c[nH]c12. The molecule has 1 fully saturated rings. The van der Waals surface area contributed by atoms with E-state index in [0.29, 0.717) is 19.4 Å². The normalized spacial score (nSPS) is 21.6. The van der Waals surface area contributed by atoms with Crippen LogP contribution in [0.5, 0.6) is 0 Å². The lowest BCUT2D eigenvalue weighted by molar-refractivity contribution is -0.146. The molecule has 0 spiro atoms. The third-order valence-electron chi connectivity index (χ3n) is 4.90. The van der Waals surface area contributed by atoms with E-state index in [0.717, 1.165) is 28.5 Å². The Bertz CT molecular complexity index is 750. The van der Waals surface area contributed by atoms with Gasteiger partial charge < -0.3 is 15.0 Å². The van der Waals surface area contributed by atoms with Gasteiger partial charge in [0.1, 0.15) is 0 Å². The summed E-state index contributed by atoms with van der Waals surface area (Å²) in [6, 6.07) is 6.14. The first-order chi connectivity index (χ1) is 11.0. The first-order valence-electron chi connectivity index (χ1n) is 8.05. The van der Waals surface area contributed by atoms with Gasteiger partial charge in [-0.15, -0.1) is 0 Å². The van der Waals surface area contributed by atoms with Crippen LogP contribution in [0.25, 0.3) is 10.9 Å². The van der Waals surface area contributed by atoms with Crippen LogP contribution < -0.4 is 0 Å². The van der Waals surface area contributed by atoms with E-state index in [1.54, 1.807) is 4.90 Å². The maximum Gasteiger partial charge on any atom is 0.308 e. The second-order valence-corrected chi connectivity index (χ2v) is 6.50. The summed E-state index contributed by atoms with van der Waals surface area (Å²) in [6.45, 7) is 4.35. The summed E-state index contributed by atoms with van der Waals surface area (Å²) in [6.07, 6.45) is 3.58. The van der Waals surface area contributed by atoms with E-state index in [1.165, 1.54) is 0 Å². The summed E-state index contributed by atoms with van der Waals surface area (Å²) in [5, 5.41) is 10.3. The third kappa shape index (κ3) is 2.96. The van der Waals surface area contributed by atoms with Gasteiger partial charge in [-0.05, 0) is 37.8 Å². The number of carbonyl (C=O) groups is 2. The summed E-state index contributed by atoms with van der Waals surface area (Å²) in [4.78, 5) is 28.9. The summed E-state index contributed by atoms with van der Waals surface area (Å²) in [5.74, 6) is -1.25. The molecule has 3 rings (SSSR count). The van der Waals surface area contributed by atoms with Gasteiger partial charge in [-0.25, -0.2) is 0 Å². The molecule has 1 aliphatic heterocycles. The molecule has 0 bridgehead atoms. The zero-order valence-electron chi connectivity index (χ0n) is 13.5. The van der Waals surface area contributed by atoms with Crippen molar-refractivity contribution < 1.29 is 14.7 Å². The molecule has 0 saturated carbocycles. The highest BCUT2D eigenvalue weighted by molar-refractivity contribution is 5.90. The highest BCUT2D eigenvalue weighted by Gasteiger charge is 2.32. The molecule has 2 heterocycles. The molecule has 2 aromatic rings. The molecule has 5 nitrogen and oxygen atoms in total. The number of piperidine rings is 1. The fourth-order valence-corrected chi connectivity index (χ4v) is 3.43. The number of para-hydroxylation sites is 1. The molecular formula is C18H22N2O3. The van der Waals surface area contributed by atoms with Crippen molar-refractivity contribution in [2.45, 2.75) is 39.2 Å². The molecule has 1 amide bonds. The number of nitrogens with zero attached hydrogens (tertiary/aromatic N) is 1. The van der Waals surface area contributed by atoms with Crippen LogP contribution in [0.2, 0.25) is 0 Å². The van der Waals surface area contributed by atoms with E-state index < -0.39 is 11.9 Å². The lowest BCUT2D eigenvalue weighted by atomic mass is 9.93. The van der Waals surface area contributed by atoms with Crippen LogP contribution in [0.4, 0.5) is 0 Å². The number of benzene rings is 1. The van der Waals surface area contributed by atoms with Gasteiger partial charge in [0.05, 0.1) is 12.3 Å². The Hall–Kier alpha value is -2.30. The molecule has 0 aliphatic carbocycles. The maximum absolute atomic E-state index is 12.7. The van der Waals surface area contributed by atoms with E-state index in [2.05, 4.69) is 4.98 Å². The fraction of sp³-hybridized carbons (Fsp3) is 0.444. The molecule has 2 unspecified atom stereocenters. The number of rotatable bonds is 3. The molecule has 1 aromatic carbocycles. The van der Waals surface area contributed by atoms with Crippen molar-refractivity contribution in [3.05, 3.63) is 35.5 Å². The minimum atomic E-state index is -0.808. The van der Waals surface area contributed by atoms with Crippen molar-refractivity contribution in [3.63, 3.8) is 0 Å². The van der Waals surface area contributed by atoms with Gasteiger partial charge in [-0.1, -0.05) is 18.2 Å². The number of carboxylic acid groups (broad SMARTS) is 1. The maximum atomic E-state index is 12.7. The largest absolute Gasteiger partial charge is 0.481 e. The quantitative estimate of drug-likeness (QED) is 0.915.